The van der Waals surface area contributed by atoms with E-state index < -0.39 is 5.97 Å². The Balaban J connectivity index is 1.54. The van der Waals surface area contributed by atoms with Crippen LogP contribution in [-0.4, -0.2) is 34.9 Å². The molecule has 0 aliphatic carbocycles. The first-order valence-corrected chi connectivity index (χ1v) is 9.53. The van der Waals surface area contributed by atoms with Gasteiger partial charge in [0.15, 0.2) is 0 Å². The van der Waals surface area contributed by atoms with Gasteiger partial charge < -0.3 is 14.5 Å². The average Bonchev–Trinajstić information content (AvgIpc) is 3.15. The minimum Gasteiger partial charge on any atom is -0.465 e. The third-order valence-corrected chi connectivity index (χ3v) is 4.71. The van der Waals surface area contributed by atoms with Gasteiger partial charge in [0.1, 0.15) is 0 Å². The fourth-order valence-corrected chi connectivity index (χ4v) is 3.10. The van der Waals surface area contributed by atoms with Crippen LogP contribution in [-0.2, 0) is 9.53 Å². The predicted molar refractivity (Wildman–Crippen MR) is 105 cm³/mol. The molecule has 27 heavy (non-hydrogen) atoms. The zero-order chi connectivity index (χ0) is 19.2. The number of amides is 1. The molecule has 0 spiro atoms. The van der Waals surface area contributed by atoms with E-state index in [1.165, 1.54) is 7.11 Å². The third-order valence-electron chi connectivity index (χ3n) is 3.39. The Kier molecular flexibility index (Phi) is 6.25. The third kappa shape index (κ3) is 5.18. The molecular weight excluding hydrogens is 434 g/mol. The highest BCUT2D eigenvalue weighted by Crippen LogP contribution is 2.25. The van der Waals surface area contributed by atoms with E-state index in [9.17, 15) is 9.59 Å². The molecule has 0 unspecified atom stereocenters. The second kappa shape index (κ2) is 8.83. The van der Waals surface area contributed by atoms with Crippen molar-refractivity contribution in [3.8, 4) is 11.5 Å². The summed E-state index contributed by atoms with van der Waals surface area (Å²) in [5.74, 6) is -0.162. The van der Waals surface area contributed by atoms with Crippen molar-refractivity contribution in [1.29, 1.82) is 0 Å². The van der Waals surface area contributed by atoms with Crippen molar-refractivity contribution >= 4 is 45.3 Å². The first-order chi connectivity index (χ1) is 13.0. The van der Waals surface area contributed by atoms with Crippen molar-refractivity contribution in [2.45, 2.75) is 5.22 Å². The van der Waals surface area contributed by atoms with Gasteiger partial charge >= 0.3 is 5.97 Å². The fourth-order valence-electron chi connectivity index (χ4n) is 2.14. The SMILES string of the molecule is COC(=O)c1ccc(NC(=O)CSc2nnc(-c3cccc(Br)c3)o2)cc1. The van der Waals surface area contributed by atoms with E-state index in [0.717, 1.165) is 21.8 Å². The molecule has 9 heteroatoms. The molecule has 1 N–H and O–H groups in total. The number of anilines is 1. The second-order valence-corrected chi connectivity index (χ2v) is 7.13. The van der Waals surface area contributed by atoms with E-state index in [-0.39, 0.29) is 11.7 Å². The Morgan fingerprint density at radius 3 is 2.67 bits per heavy atom. The van der Waals surface area contributed by atoms with E-state index in [0.29, 0.717) is 22.4 Å². The van der Waals surface area contributed by atoms with Crippen LogP contribution in [0.5, 0.6) is 0 Å². The normalized spacial score (nSPS) is 10.4. The summed E-state index contributed by atoms with van der Waals surface area (Å²) < 4.78 is 11.1. The molecular formula is C18H14BrN3O4S. The minimum absolute atomic E-state index is 0.110. The summed E-state index contributed by atoms with van der Waals surface area (Å²) in [5.41, 5.74) is 1.78. The van der Waals surface area contributed by atoms with Crippen LogP contribution in [0.3, 0.4) is 0 Å². The number of thioether (sulfide) groups is 1. The first kappa shape index (κ1) is 19.1. The van der Waals surface area contributed by atoms with Crippen LogP contribution in [0.1, 0.15) is 10.4 Å². The van der Waals surface area contributed by atoms with Crippen LogP contribution in [0.4, 0.5) is 5.69 Å². The van der Waals surface area contributed by atoms with E-state index in [2.05, 4.69) is 36.2 Å². The molecule has 3 aromatic rings. The number of aromatic nitrogens is 2. The summed E-state index contributed by atoms with van der Waals surface area (Å²) in [7, 11) is 1.31. The van der Waals surface area contributed by atoms with Crippen molar-refractivity contribution in [1.82, 2.24) is 10.2 Å². The molecule has 138 valence electrons. The average molecular weight is 448 g/mol. The summed E-state index contributed by atoms with van der Waals surface area (Å²) >= 11 is 4.53. The zero-order valence-electron chi connectivity index (χ0n) is 14.1. The number of hydrogen-bond donors (Lipinski definition) is 1. The Labute approximate surface area is 167 Å². The summed E-state index contributed by atoms with van der Waals surface area (Å²) in [4.78, 5) is 23.5. The van der Waals surface area contributed by atoms with E-state index in [1.54, 1.807) is 24.3 Å². The molecule has 2 aromatic carbocycles. The maximum atomic E-state index is 12.1. The molecule has 0 fully saturated rings. The van der Waals surface area contributed by atoms with E-state index in [4.69, 9.17) is 4.42 Å². The number of rotatable bonds is 6. The first-order valence-electron chi connectivity index (χ1n) is 7.75. The zero-order valence-corrected chi connectivity index (χ0v) is 16.5. The van der Waals surface area contributed by atoms with Crippen molar-refractivity contribution in [3.63, 3.8) is 0 Å². The summed E-state index contributed by atoms with van der Waals surface area (Å²) in [6.45, 7) is 0. The molecule has 0 saturated carbocycles. The molecule has 3 rings (SSSR count). The number of methoxy groups -OCH3 is 1. The molecule has 0 saturated heterocycles. The lowest BCUT2D eigenvalue weighted by Gasteiger charge is -2.05. The van der Waals surface area contributed by atoms with Crippen LogP contribution in [0.15, 0.2) is 62.6 Å². The lowest BCUT2D eigenvalue weighted by molar-refractivity contribution is -0.113. The van der Waals surface area contributed by atoms with Gasteiger partial charge in [0.2, 0.25) is 11.8 Å². The minimum atomic E-state index is -0.430. The molecule has 1 aromatic heterocycles. The molecule has 7 nitrogen and oxygen atoms in total. The number of carbonyl (C=O) groups is 2. The molecule has 0 radical (unpaired) electrons. The van der Waals surface area contributed by atoms with E-state index >= 15 is 0 Å². The van der Waals surface area contributed by atoms with Crippen LogP contribution < -0.4 is 5.32 Å². The van der Waals surface area contributed by atoms with Crippen molar-refractivity contribution in [2.24, 2.45) is 0 Å². The van der Waals surface area contributed by atoms with Gasteiger partial charge in [-0.3, -0.25) is 4.79 Å². The molecule has 1 amide bonds. The highest BCUT2D eigenvalue weighted by molar-refractivity contribution is 9.10. The molecule has 0 aliphatic heterocycles. The van der Waals surface area contributed by atoms with Crippen LogP contribution in [0.2, 0.25) is 0 Å². The number of hydrogen-bond acceptors (Lipinski definition) is 7. The van der Waals surface area contributed by atoms with Gasteiger partial charge in [-0.25, -0.2) is 4.79 Å². The maximum Gasteiger partial charge on any atom is 0.337 e. The van der Waals surface area contributed by atoms with Crippen LogP contribution >= 0.6 is 27.7 Å². The summed E-state index contributed by atoms with van der Waals surface area (Å²) in [6.07, 6.45) is 0. The lowest BCUT2D eigenvalue weighted by atomic mass is 10.2. The standard InChI is InChI=1S/C18H14BrN3O4S/c1-25-17(24)11-5-7-14(8-6-11)20-15(23)10-27-18-22-21-16(26-18)12-3-2-4-13(19)9-12/h2-9H,10H2,1H3,(H,20,23). The molecule has 0 bridgehead atoms. The van der Waals surface area contributed by atoms with Gasteiger partial charge in [-0.1, -0.05) is 33.8 Å². The Hall–Kier alpha value is -2.65. The van der Waals surface area contributed by atoms with Gasteiger partial charge in [0.25, 0.3) is 5.22 Å². The Morgan fingerprint density at radius 1 is 1.19 bits per heavy atom. The number of nitrogens with one attached hydrogen (secondary N) is 1. The number of ether oxygens (including phenoxy) is 1. The molecule has 0 aliphatic rings. The lowest BCUT2D eigenvalue weighted by Crippen LogP contribution is -2.14. The maximum absolute atomic E-state index is 12.1. The Morgan fingerprint density at radius 2 is 1.96 bits per heavy atom. The smallest absolute Gasteiger partial charge is 0.337 e. The number of benzene rings is 2. The largest absolute Gasteiger partial charge is 0.465 e. The van der Waals surface area contributed by atoms with Crippen molar-refractivity contribution < 1.29 is 18.7 Å². The van der Waals surface area contributed by atoms with Gasteiger partial charge in [0, 0.05) is 15.7 Å². The highest BCUT2D eigenvalue weighted by atomic mass is 79.9. The number of halogens is 1. The summed E-state index contributed by atoms with van der Waals surface area (Å²) in [6, 6.07) is 13.9. The van der Waals surface area contributed by atoms with Gasteiger partial charge in [-0.05, 0) is 42.5 Å². The van der Waals surface area contributed by atoms with Crippen molar-refractivity contribution in [2.75, 3.05) is 18.2 Å². The quantitative estimate of drug-likeness (QED) is 0.450. The Bertz CT molecular complexity index is 959. The van der Waals surface area contributed by atoms with Gasteiger partial charge in [-0.2, -0.15) is 0 Å². The molecule has 0 atom stereocenters. The van der Waals surface area contributed by atoms with Gasteiger partial charge in [0.05, 0.1) is 18.4 Å². The molecule has 1 heterocycles. The topological polar surface area (TPSA) is 94.3 Å². The second-order valence-electron chi connectivity index (χ2n) is 5.29. The van der Waals surface area contributed by atoms with Gasteiger partial charge in [-0.15, -0.1) is 10.2 Å². The van der Waals surface area contributed by atoms with E-state index in [1.807, 2.05) is 24.3 Å². The highest BCUT2D eigenvalue weighted by Gasteiger charge is 2.12. The number of nitrogens with zero attached hydrogens (tertiary/aromatic N) is 2. The fraction of sp³-hybridized carbons (Fsp3) is 0.111. The van der Waals surface area contributed by atoms with Crippen LogP contribution in [0, 0.1) is 0 Å². The number of esters is 1. The summed E-state index contributed by atoms with van der Waals surface area (Å²) in [5, 5.41) is 11.0. The van der Waals surface area contributed by atoms with Crippen molar-refractivity contribution in [3.05, 3.63) is 58.6 Å². The monoisotopic (exact) mass is 447 g/mol. The number of carbonyl (C=O) groups excluding carboxylic acids is 2. The van der Waals surface area contributed by atoms with Crippen LogP contribution in [0.25, 0.3) is 11.5 Å². The predicted octanol–water partition coefficient (Wildman–Crippen LogP) is 4.02.